The van der Waals surface area contributed by atoms with Gasteiger partial charge in [-0.25, -0.2) is 4.68 Å². The lowest BCUT2D eigenvalue weighted by Gasteiger charge is -2.20. The smallest absolute Gasteiger partial charge is 0.270 e. The number of aromatic nitrogens is 2. The normalized spacial score (nSPS) is 12.7. The Kier molecular flexibility index (Phi) is 6.02. The highest BCUT2D eigenvalue weighted by Gasteiger charge is 2.22. The van der Waals surface area contributed by atoms with Gasteiger partial charge in [0.15, 0.2) is 0 Å². The quantitative estimate of drug-likeness (QED) is 0.662. The van der Waals surface area contributed by atoms with E-state index in [-0.39, 0.29) is 18.0 Å². The summed E-state index contributed by atoms with van der Waals surface area (Å²) >= 11 is 0. The summed E-state index contributed by atoms with van der Waals surface area (Å²) in [7, 11) is 3.09. The van der Waals surface area contributed by atoms with Gasteiger partial charge in [-0.05, 0) is 31.2 Å². The van der Waals surface area contributed by atoms with Crippen LogP contribution in [0.15, 0.2) is 53.3 Å². The molecule has 0 radical (unpaired) electrons. The molecule has 31 heavy (non-hydrogen) atoms. The molecule has 7 nitrogen and oxygen atoms in total. The Bertz CT molecular complexity index is 1130. The molecule has 0 fully saturated rings. The molecular formula is C24H25N3O4. The van der Waals surface area contributed by atoms with Gasteiger partial charge in [0.25, 0.3) is 5.56 Å². The van der Waals surface area contributed by atoms with E-state index in [1.165, 1.54) is 4.68 Å². The molecule has 0 saturated carbocycles. The number of carbonyl (C=O) groups is 1. The number of carbonyl (C=O) groups excluding carboxylic acids is 1. The maximum Gasteiger partial charge on any atom is 0.270 e. The van der Waals surface area contributed by atoms with Gasteiger partial charge in [-0.15, -0.1) is 0 Å². The van der Waals surface area contributed by atoms with Crippen LogP contribution in [0.2, 0.25) is 0 Å². The average molecular weight is 419 g/mol. The molecule has 3 aromatic rings. The molecule has 0 spiro atoms. The molecular weight excluding hydrogens is 394 g/mol. The van der Waals surface area contributed by atoms with Gasteiger partial charge >= 0.3 is 0 Å². The lowest BCUT2D eigenvalue weighted by molar-refractivity contribution is -0.117. The highest BCUT2D eigenvalue weighted by atomic mass is 16.5. The highest BCUT2D eigenvalue weighted by molar-refractivity contribution is 5.91. The second kappa shape index (κ2) is 9.04. The van der Waals surface area contributed by atoms with Gasteiger partial charge < -0.3 is 14.8 Å². The number of hydrogen-bond acceptors (Lipinski definition) is 5. The third kappa shape index (κ3) is 4.45. The number of anilines is 1. The number of benzene rings is 2. The van der Waals surface area contributed by atoms with Gasteiger partial charge in [0.1, 0.15) is 18.0 Å². The van der Waals surface area contributed by atoms with E-state index in [0.29, 0.717) is 23.6 Å². The molecule has 1 amide bonds. The fourth-order valence-electron chi connectivity index (χ4n) is 3.94. The third-order valence-corrected chi connectivity index (χ3v) is 5.44. The summed E-state index contributed by atoms with van der Waals surface area (Å²) in [6.07, 6.45) is 3.55. The largest absolute Gasteiger partial charge is 0.497 e. The Balaban J connectivity index is 1.66. The maximum atomic E-state index is 13.1. The topological polar surface area (TPSA) is 82.5 Å². The zero-order valence-corrected chi connectivity index (χ0v) is 17.7. The van der Waals surface area contributed by atoms with E-state index in [9.17, 15) is 9.59 Å². The summed E-state index contributed by atoms with van der Waals surface area (Å²) in [6, 6.07) is 14.9. The van der Waals surface area contributed by atoms with Crippen molar-refractivity contribution in [1.82, 2.24) is 9.78 Å². The number of methoxy groups -OCH3 is 2. The van der Waals surface area contributed by atoms with E-state index in [2.05, 4.69) is 10.4 Å². The molecule has 160 valence electrons. The van der Waals surface area contributed by atoms with E-state index in [1.54, 1.807) is 32.4 Å². The summed E-state index contributed by atoms with van der Waals surface area (Å²) in [4.78, 5) is 25.8. The van der Waals surface area contributed by atoms with Crippen molar-refractivity contribution in [1.29, 1.82) is 0 Å². The zero-order chi connectivity index (χ0) is 21.8. The van der Waals surface area contributed by atoms with Crippen molar-refractivity contribution >= 4 is 11.6 Å². The highest BCUT2D eigenvalue weighted by Crippen LogP contribution is 2.28. The lowest BCUT2D eigenvalue weighted by Crippen LogP contribution is -2.34. The van der Waals surface area contributed by atoms with Crippen molar-refractivity contribution in [3.05, 3.63) is 70.0 Å². The van der Waals surface area contributed by atoms with Gasteiger partial charge in [0.05, 0.1) is 19.9 Å². The summed E-state index contributed by atoms with van der Waals surface area (Å²) < 4.78 is 11.8. The van der Waals surface area contributed by atoms with Crippen LogP contribution in [0.25, 0.3) is 11.3 Å². The van der Waals surface area contributed by atoms with E-state index < -0.39 is 0 Å². The Hall–Kier alpha value is -3.61. The molecule has 4 rings (SSSR count). The number of nitrogens with zero attached hydrogens (tertiary/aromatic N) is 2. The Morgan fingerprint density at radius 1 is 1.00 bits per heavy atom. The van der Waals surface area contributed by atoms with Crippen LogP contribution in [-0.2, 0) is 24.2 Å². The Morgan fingerprint density at radius 3 is 2.29 bits per heavy atom. The van der Waals surface area contributed by atoms with Crippen molar-refractivity contribution in [3.8, 4) is 22.8 Å². The van der Waals surface area contributed by atoms with Crippen molar-refractivity contribution in [2.75, 3.05) is 19.5 Å². The number of nitrogens with one attached hydrogen (secondary N) is 1. The minimum absolute atomic E-state index is 0.175. The van der Waals surface area contributed by atoms with Gasteiger partial charge in [-0.3, -0.25) is 9.59 Å². The SMILES string of the molecule is COc1cc(NC(=O)Cn2nc(-c3ccccc3)c3c(c2=O)CCCC3)cc(OC)c1. The van der Waals surface area contributed by atoms with Gasteiger partial charge in [0, 0.05) is 35.0 Å². The van der Waals surface area contributed by atoms with Crippen LogP contribution in [-0.4, -0.2) is 29.9 Å². The second-order valence-electron chi connectivity index (χ2n) is 7.49. The number of hydrogen-bond donors (Lipinski definition) is 1. The fraction of sp³-hybridized carbons (Fsp3) is 0.292. The maximum absolute atomic E-state index is 13.1. The van der Waals surface area contributed by atoms with Crippen molar-refractivity contribution in [3.63, 3.8) is 0 Å². The standard InChI is InChI=1S/C24H25N3O4/c1-30-18-12-17(13-19(14-18)31-2)25-22(28)15-27-24(29)21-11-7-6-10-20(21)23(26-27)16-8-4-3-5-9-16/h3-5,8-9,12-14H,6-7,10-11,15H2,1-2H3,(H,25,28). The zero-order valence-electron chi connectivity index (χ0n) is 17.7. The van der Waals surface area contributed by atoms with Crippen LogP contribution >= 0.6 is 0 Å². The van der Waals surface area contributed by atoms with Gasteiger partial charge in [0.2, 0.25) is 5.91 Å². The van der Waals surface area contributed by atoms with Crippen LogP contribution in [0.1, 0.15) is 24.0 Å². The number of fused-ring (bicyclic) bond motifs is 1. The van der Waals surface area contributed by atoms with Crippen molar-refractivity contribution < 1.29 is 14.3 Å². The summed E-state index contributed by atoms with van der Waals surface area (Å²) in [6.45, 7) is -0.175. The Morgan fingerprint density at radius 2 is 1.65 bits per heavy atom. The first-order valence-electron chi connectivity index (χ1n) is 10.3. The number of rotatable bonds is 6. The summed E-state index contributed by atoms with van der Waals surface area (Å²) in [5.41, 5.74) is 3.86. The van der Waals surface area contributed by atoms with Gasteiger partial charge in [-0.2, -0.15) is 5.10 Å². The van der Waals surface area contributed by atoms with Crippen LogP contribution < -0.4 is 20.3 Å². The molecule has 7 heteroatoms. The Labute approximate surface area is 180 Å². The van der Waals surface area contributed by atoms with E-state index in [1.807, 2.05) is 30.3 Å². The predicted molar refractivity (Wildman–Crippen MR) is 119 cm³/mol. The predicted octanol–water partition coefficient (Wildman–Crippen LogP) is 3.45. The van der Waals surface area contributed by atoms with Crippen LogP contribution in [0.4, 0.5) is 5.69 Å². The number of amides is 1. The summed E-state index contributed by atoms with van der Waals surface area (Å²) in [5.74, 6) is 0.773. The average Bonchev–Trinajstić information content (AvgIpc) is 2.81. The first kappa shape index (κ1) is 20.7. The first-order valence-corrected chi connectivity index (χ1v) is 10.3. The molecule has 1 aliphatic carbocycles. The molecule has 1 heterocycles. The molecule has 0 bridgehead atoms. The van der Waals surface area contributed by atoms with Gasteiger partial charge in [-0.1, -0.05) is 30.3 Å². The van der Waals surface area contributed by atoms with Crippen molar-refractivity contribution in [2.24, 2.45) is 0 Å². The second-order valence-corrected chi connectivity index (χ2v) is 7.49. The van der Waals surface area contributed by atoms with E-state index in [0.717, 1.165) is 41.6 Å². The number of ether oxygens (including phenoxy) is 2. The van der Waals surface area contributed by atoms with E-state index >= 15 is 0 Å². The van der Waals surface area contributed by atoms with Crippen LogP contribution in [0, 0.1) is 0 Å². The molecule has 1 N–H and O–H groups in total. The molecule has 0 saturated heterocycles. The van der Waals surface area contributed by atoms with Crippen LogP contribution in [0.5, 0.6) is 11.5 Å². The minimum Gasteiger partial charge on any atom is -0.497 e. The van der Waals surface area contributed by atoms with Crippen molar-refractivity contribution in [2.45, 2.75) is 32.2 Å². The lowest BCUT2D eigenvalue weighted by atomic mass is 9.90. The molecule has 0 atom stereocenters. The molecule has 2 aromatic carbocycles. The third-order valence-electron chi connectivity index (χ3n) is 5.44. The fourth-order valence-corrected chi connectivity index (χ4v) is 3.94. The van der Waals surface area contributed by atoms with E-state index in [4.69, 9.17) is 9.47 Å². The molecule has 0 unspecified atom stereocenters. The monoisotopic (exact) mass is 419 g/mol. The molecule has 0 aliphatic heterocycles. The summed E-state index contributed by atoms with van der Waals surface area (Å²) in [5, 5.41) is 7.41. The minimum atomic E-state index is -0.348. The molecule has 1 aliphatic rings. The first-order chi connectivity index (χ1) is 15.1. The van der Waals surface area contributed by atoms with Crippen LogP contribution in [0.3, 0.4) is 0 Å². The molecule has 1 aromatic heterocycles.